The Morgan fingerprint density at radius 3 is 2.62 bits per heavy atom. The van der Waals surface area contributed by atoms with Crippen molar-refractivity contribution in [2.45, 2.75) is 19.8 Å². The minimum atomic E-state index is -0.234. The molecule has 1 aliphatic rings. The van der Waals surface area contributed by atoms with Gasteiger partial charge in [-0.15, -0.1) is 0 Å². The molecule has 1 N–H and O–H groups in total. The summed E-state index contributed by atoms with van der Waals surface area (Å²) in [7, 11) is 0. The molecule has 2 aromatic carbocycles. The Bertz CT molecular complexity index is 785. The van der Waals surface area contributed by atoms with Crippen molar-refractivity contribution < 1.29 is 23.8 Å². The molecule has 6 nitrogen and oxygen atoms in total. The highest BCUT2D eigenvalue weighted by molar-refractivity contribution is 5.97. The van der Waals surface area contributed by atoms with E-state index in [0.29, 0.717) is 36.6 Å². The number of carbonyl (C=O) groups excluding carboxylic acids is 2. The highest BCUT2D eigenvalue weighted by atomic mass is 16.7. The molecule has 6 heteroatoms. The van der Waals surface area contributed by atoms with E-state index in [2.05, 4.69) is 5.32 Å². The summed E-state index contributed by atoms with van der Waals surface area (Å²) in [5.41, 5.74) is 2.40. The number of ether oxygens (including phenoxy) is 3. The molecular formula is C20H21NO5. The first kappa shape index (κ1) is 17.8. The lowest BCUT2D eigenvalue weighted by Gasteiger charge is -2.08. The van der Waals surface area contributed by atoms with E-state index in [1.165, 1.54) is 0 Å². The first-order valence-electron chi connectivity index (χ1n) is 8.57. The molecule has 1 aliphatic heterocycles. The highest BCUT2D eigenvalue weighted by Crippen LogP contribution is 2.32. The van der Waals surface area contributed by atoms with Crippen LogP contribution >= 0.6 is 0 Å². The fourth-order valence-electron chi connectivity index (χ4n) is 2.65. The molecule has 0 unspecified atom stereocenters. The van der Waals surface area contributed by atoms with Gasteiger partial charge in [-0.25, -0.2) is 0 Å². The number of esters is 1. The van der Waals surface area contributed by atoms with Crippen LogP contribution in [0.15, 0.2) is 42.5 Å². The molecule has 1 heterocycles. The first-order valence-corrected chi connectivity index (χ1v) is 8.57. The van der Waals surface area contributed by atoms with Crippen molar-refractivity contribution in [1.82, 2.24) is 0 Å². The van der Waals surface area contributed by atoms with Gasteiger partial charge in [-0.3, -0.25) is 9.59 Å². The number of ketones is 1. The van der Waals surface area contributed by atoms with E-state index >= 15 is 0 Å². The quantitative estimate of drug-likeness (QED) is 0.579. The predicted octanol–water partition coefficient (Wildman–Crippen LogP) is 3.21. The maximum absolute atomic E-state index is 12.3. The number of benzene rings is 2. The van der Waals surface area contributed by atoms with Crippen LogP contribution in [0.25, 0.3) is 0 Å². The summed E-state index contributed by atoms with van der Waals surface area (Å²) in [4.78, 5) is 23.7. The Kier molecular flexibility index (Phi) is 5.73. The van der Waals surface area contributed by atoms with Crippen LogP contribution in [0.2, 0.25) is 0 Å². The SMILES string of the molecule is CCOC(=O)Cc1ccc(NCCC(=O)c2ccc3c(c2)OCO3)cc1. The lowest BCUT2D eigenvalue weighted by molar-refractivity contribution is -0.142. The molecule has 26 heavy (non-hydrogen) atoms. The van der Waals surface area contributed by atoms with E-state index in [9.17, 15) is 9.59 Å². The monoisotopic (exact) mass is 355 g/mol. The summed E-state index contributed by atoms with van der Waals surface area (Å²) in [6, 6.07) is 12.7. The Labute approximate surface area is 152 Å². The van der Waals surface area contributed by atoms with Gasteiger partial charge in [0, 0.05) is 24.2 Å². The molecule has 0 aromatic heterocycles. The Balaban J connectivity index is 1.47. The zero-order valence-electron chi connectivity index (χ0n) is 14.6. The second kappa shape index (κ2) is 8.38. The van der Waals surface area contributed by atoms with Gasteiger partial charge in [0.1, 0.15) is 0 Å². The molecule has 136 valence electrons. The summed E-state index contributed by atoms with van der Waals surface area (Å²) >= 11 is 0. The van der Waals surface area contributed by atoms with Crippen molar-refractivity contribution in [3.63, 3.8) is 0 Å². The maximum atomic E-state index is 12.3. The van der Waals surface area contributed by atoms with Crippen molar-refractivity contribution >= 4 is 17.4 Å². The molecule has 0 atom stereocenters. The normalized spacial score (nSPS) is 11.9. The summed E-state index contributed by atoms with van der Waals surface area (Å²) in [5.74, 6) is 1.08. The van der Waals surface area contributed by atoms with Gasteiger partial charge in [0.05, 0.1) is 13.0 Å². The molecule has 0 saturated carbocycles. The van der Waals surface area contributed by atoms with Crippen molar-refractivity contribution in [3.8, 4) is 11.5 Å². The van der Waals surface area contributed by atoms with Crippen molar-refractivity contribution in [2.24, 2.45) is 0 Å². The predicted molar refractivity (Wildman–Crippen MR) is 96.8 cm³/mol. The average Bonchev–Trinajstić information content (AvgIpc) is 3.11. The molecule has 0 spiro atoms. The van der Waals surface area contributed by atoms with Crippen LogP contribution in [-0.4, -0.2) is 31.7 Å². The second-order valence-electron chi connectivity index (χ2n) is 5.85. The van der Waals surface area contributed by atoms with Gasteiger partial charge in [0.15, 0.2) is 17.3 Å². The number of hydrogen-bond donors (Lipinski definition) is 1. The number of fused-ring (bicyclic) bond motifs is 1. The van der Waals surface area contributed by atoms with Gasteiger partial charge in [0.2, 0.25) is 6.79 Å². The van der Waals surface area contributed by atoms with E-state index in [1.807, 2.05) is 24.3 Å². The largest absolute Gasteiger partial charge is 0.466 e. The number of rotatable bonds is 8. The molecule has 0 saturated heterocycles. The van der Waals surface area contributed by atoms with Crippen LogP contribution in [0, 0.1) is 0 Å². The zero-order chi connectivity index (χ0) is 18.4. The van der Waals surface area contributed by atoms with Crippen LogP contribution in [0.4, 0.5) is 5.69 Å². The van der Waals surface area contributed by atoms with Gasteiger partial charge >= 0.3 is 5.97 Å². The van der Waals surface area contributed by atoms with E-state index < -0.39 is 0 Å². The van der Waals surface area contributed by atoms with Crippen molar-refractivity contribution in [3.05, 3.63) is 53.6 Å². The Hall–Kier alpha value is -3.02. The van der Waals surface area contributed by atoms with Crippen LogP contribution in [0.1, 0.15) is 29.3 Å². The maximum Gasteiger partial charge on any atom is 0.310 e. The highest BCUT2D eigenvalue weighted by Gasteiger charge is 2.16. The lowest BCUT2D eigenvalue weighted by atomic mass is 10.1. The smallest absolute Gasteiger partial charge is 0.310 e. The van der Waals surface area contributed by atoms with Gasteiger partial charge < -0.3 is 19.5 Å². The Morgan fingerprint density at radius 2 is 1.85 bits per heavy atom. The molecule has 3 rings (SSSR count). The van der Waals surface area contributed by atoms with E-state index in [0.717, 1.165) is 11.3 Å². The van der Waals surface area contributed by atoms with Crippen molar-refractivity contribution in [2.75, 3.05) is 25.3 Å². The number of carbonyl (C=O) groups is 2. The summed E-state index contributed by atoms with van der Waals surface area (Å²) in [5, 5.41) is 3.21. The number of hydrogen-bond acceptors (Lipinski definition) is 6. The Morgan fingerprint density at radius 1 is 1.08 bits per heavy atom. The van der Waals surface area contributed by atoms with Crippen LogP contribution in [-0.2, 0) is 16.0 Å². The van der Waals surface area contributed by atoms with Crippen LogP contribution < -0.4 is 14.8 Å². The minimum Gasteiger partial charge on any atom is -0.466 e. The second-order valence-corrected chi connectivity index (χ2v) is 5.85. The van der Waals surface area contributed by atoms with E-state index in [-0.39, 0.29) is 25.0 Å². The third kappa shape index (κ3) is 4.53. The molecule has 0 fully saturated rings. The average molecular weight is 355 g/mol. The topological polar surface area (TPSA) is 73.9 Å². The van der Waals surface area contributed by atoms with Gasteiger partial charge in [0.25, 0.3) is 0 Å². The standard InChI is InChI=1S/C20H21NO5/c1-2-24-20(23)11-14-3-6-16(7-4-14)21-10-9-17(22)15-5-8-18-19(12-15)26-13-25-18/h3-8,12,21H,2,9-11,13H2,1H3. The van der Waals surface area contributed by atoms with Crippen molar-refractivity contribution in [1.29, 1.82) is 0 Å². The molecule has 0 amide bonds. The molecule has 2 aromatic rings. The van der Waals surface area contributed by atoms with Crippen LogP contribution in [0.3, 0.4) is 0 Å². The summed E-state index contributed by atoms with van der Waals surface area (Å²) < 4.78 is 15.5. The number of anilines is 1. The fourth-order valence-corrected chi connectivity index (χ4v) is 2.65. The van der Waals surface area contributed by atoms with Gasteiger partial charge in [-0.2, -0.15) is 0 Å². The lowest BCUT2D eigenvalue weighted by Crippen LogP contribution is -2.09. The molecule has 0 bridgehead atoms. The molecule has 0 aliphatic carbocycles. The van der Waals surface area contributed by atoms with Gasteiger partial charge in [-0.05, 0) is 42.8 Å². The summed E-state index contributed by atoms with van der Waals surface area (Å²) in [6.07, 6.45) is 0.626. The fraction of sp³-hybridized carbons (Fsp3) is 0.300. The molecular weight excluding hydrogens is 334 g/mol. The third-order valence-corrected chi connectivity index (χ3v) is 3.98. The molecule has 0 radical (unpaired) electrons. The number of Topliss-reactive ketones (excluding diaryl/α,β-unsaturated/α-hetero) is 1. The van der Waals surface area contributed by atoms with Crippen LogP contribution in [0.5, 0.6) is 11.5 Å². The third-order valence-electron chi connectivity index (χ3n) is 3.98. The first-order chi connectivity index (χ1) is 12.7. The number of nitrogens with one attached hydrogen (secondary N) is 1. The van der Waals surface area contributed by atoms with E-state index in [4.69, 9.17) is 14.2 Å². The van der Waals surface area contributed by atoms with E-state index in [1.54, 1.807) is 25.1 Å². The summed E-state index contributed by atoms with van der Waals surface area (Å²) in [6.45, 7) is 2.89. The van der Waals surface area contributed by atoms with Gasteiger partial charge in [-0.1, -0.05) is 12.1 Å². The minimum absolute atomic E-state index is 0.0368. The zero-order valence-corrected chi connectivity index (χ0v) is 14.6.